The molecule has 1 aromatic rings. The van der Waals surface area contributed by atoms with Crippen LogP contribution < -0.4 is 10.2 Å². The van der Waals surface area contributed by atoms with E-state index in [0.29, 0.717) is 12.2 Å². The maximum atomic E-state index is 12.8. The predicted octanol–water partition coefficient (Wildman–Crippen LogP) is 2.90. The first kappa shape index (κ1) is 18.2. The van der Waals surface area contributed by atoms with Crippen LogP contribution in [0.15, 0.2) is 24.3 Å². The monoisotopic (exact) mass is 429 g/mol. The minimum atomic E-state index is -0.870. The number of anilines is 2. The number of carbonyl (C=O) groups excluding carboxylic acids is 2. The Morgan fingerprint density at radius 1 is 1.22 bits per heavy atom. The van der Waals surface area contributed by atoms with Crippen LogP contribution in [0.25, 0.3) is 0 Å². The number of amides is 2. The fraction of sp³-hybridized carbons (Fsp3) is 0.529. The number of rotatable bonds is 2. The second-order valence-electron chi connectivity index (χ2n) is 6.24. The predicted molar refractivity (Wildman–Crippen MR) is 102 cm³/mol. The molecule has 0 spiro atoms. The van der Waals surface area contributed by atoms with E-state index in [9.17, 15) is 9.59 Å². The van der Waals surface area contributed by atoms with Crippen LogP contribution in [0, 0.1) is 0 Å². The molecule has 1 N–H and O–H groups in total. The largest absolute Gasteiger partial charge is 0.322 e. The number of hydrogen-bond acceptors (Lipinski definition) is 3. The van der Waals surface area contributed by atoms with E-state index in [1.54, 1.807) is 18.7 Å². The summed E-state index contributed by atoms with van der Waals surface area (Å²) in [5.74, 6) is -0.153. The van der Waals surface area contributed by atoms with Crippen LogP contribution in [0.1, 0.15) is 26.7 Å². The van der Waals surface area contributed by atoms with Gasteiger partial charge in [0.25, 0.3) is 0 Å². The molecule has 1 fully saturated rings. The zero-order chi connectivity index (χ0) is 17.0. The van der Waals surface area contributed by atoms with Gasteiger partial charge in [-0.2, -0.15) is 0 Å². The normalized spacial score (nSPS) is 19.5. The molecular formula is C17H24IN3O2. The first-order valence-corrected chi connectivity index (χ1v) is 9.99. The Kier molecular flexibility index (Phi) is 6.02. The SMILES string of the molecule is CC1(C)C(=O)Nc2ccccc2N1C(=O)CN1CCCC1.CI. The standard InChI is InChI=1S/C16H21N3O2.CH3I/c1-16(2)15(21)17-12-7-3-4-8-13(12)19(16)14(20)11-18-9-5-6-10-18;1-2/h3-4,7-8H,5-6,9-11H2,1-2H3,(H,17,21);1H3. The van der Waals surface area contributed by atoms with Gasteiger partial charge in [-0.3, -0.25) is 19.4 Å². The third kappa shape index (κ3) is 3.68. The lowest BCUT2D eigenvalue weighted by atomic mass is 9.96. The quantitative estimate of drug-likeness (QED) is 0.581. The van der Waals surface area contributed by atoms with Crippen LogP contribution in [-0.2, 0) is 9.59 Å². The minimum Gasteiger partial charge on any atom is -0.322 e. The van der Waals surface area contributed by atoms with Crippen molar-refractivity contribution in [2.45, 2.75) is 32.2 Å². The molecule has 1 saturated heterocycles. The van der Waals surface area contributed by atoms with E-state index < -0.39 is 5.54 Å². The van der Waals surface area contributed by atoms with Gasteiger partial charge in [0.15, 0.2) is 0 Å². The summed E-state index contributed by atoms with van der Waals surface area (Å²) in [6.07, 6.45) is 2.29. The summed E-state index contributed by atoms with van der Waals surface area (Å²) in [5.41, 5.74) is 0.619. The smallest absolute Gasteiger partial charge is 0.250 e. The number of nitrogens with zero attached hydrogens (tertiary/aromatic N) is 2. The van der Waals surface area contributed by atoms with Crippen molar-refractivity contribution >= 4 is 45.8 Å². The molecule has 23 heavy (non-hydrogen) atoms. The van der Waals surface area contributed by atoms with Gasteiger partial charge in [-0.15, -0.1) is 0 Å². The number of benzene rings is 1. The Bertz CT molecular complexity index is 583. The summed E-state index contributed by atoms with van der Waals surface area (Å²) >= 11 is 2.15. The summed E-state index contributed by atoms with van der Waals surface area (Å²) in [6.45, 7) is 5.90. The highest BCUT2D eigenvalue weighted by Crippen LogP contribution is 2.36. The Hall–Kier alpha value is -1.15. The van der Waals surface area contributed by atoms with E-state index in [-0.39, 0.29) is 11.8 Å². The molecule has 2 amide bonds. The lowest BCUT2D eigenvalue weighted by Crippen LogP contribution is -2.60. The summed E-state index contributed by atoms with van der Waals surface area (Å²) in [5, 5.41) is 2.88. The van der Waals surface area contributed by atoms with Gasteiger partial charge in [0.05, 0.1) is 17.9 Å². The zero-order valence-corrected chi connectivity index (χ0v) is 16.1. The van der Waals surface area contributed by atoms with E-state index in [1.165, 1.54) is 0 Å². The van der Waals surface area contributed by atoms with E-state index in [0.717, 1.165) is 31.6 Å². The van der Waals surface area contributed by atoms with Gasteiger partial charge < -0.3 is 5.32 Å². The average molecular weight is 429 g/mol. The Labute approximate surface area is 151 Å². The van der Waals surface area contributed by atoms with Crippen molar-refractivity contribution in [2.24, 2.45) is 0 Å². The van der Waals surface area contributed by atoms with Crippen LogP contribution >= 0.6 is 22.6 Å². The molecule has 0 saturated carbocycles. The molecule has 2 heterocycles. The molecule has 3 rings (SSSR count). The molecule has 1 aromatic carbocycles. The van der Waals surface area contributed by atoms with Gasteiger partial charge in [-0.1, -0.05) is 34.7 Å². The first-order valence-electron chi connectivity index (χ1n) is 7.84. The number of carbonyl (C=O) groups is 2. The Morgan fingerprint density at radius 3 is 2.48 bits per heavy atom. The lowest BCUT2D eigenvalue weighted by molar-refractivity contribution is -0.127. The molecule has 0 aliphatic carbocycles. The number of para-hydroxylation sites is 2. The summed E-state index contributed by atoms with van der Waals surface area (Å²) in [7, 11) is 0. The van der Waals surface area contributed by atoms with E-state index in [2.05, 4.69) is 32.8 Å². The van der Waals surface area contributed by atoms with Crippen molar-refractivity contribution in [3.05, 3.63) is 24.3 Å². The summed E-state index contributed by atoms with van der Waals surface area (Å²) in [6, 6.07) is 7.47. The van der Waals surface area contributed by atoms with Crippen molar-refractivity contribution in [1.29, 1.82) is 0 Å². The van der Waals surface area contributed by atoms with Crippen LogP contribution in [0.4, 0.5) is 11.4 Å². The highest BCUT2D eigenvalue weighted by Gasteiger charge is 2.43. The minimum absolute atomic E-state index is 0.01000. The third-order valence-electron chi connectivity index (χ3n) is 4.31. The van der Waals surface area contributed by atoms with E-state index >= 15 is 0 Å². The van der Waals surface area contributed by atoms with Gasteiger partial charge in [-0.25, -0.2) is 0 Å². The Balaban J connectivity index is 0.000000924. The fourth-order valence-corrected chi connectivity index (χ4v) is 3.10. The molecule has 6 heteroatoms. The first-order chi connectivity index (χ1) is 11.0. The van der Waals surface area contributed by atoms with E-state index in [1.807, 2.05) is 29.2 Å². The van der Waals surface area contributed by atoms with Crippen molar-refractivity contribution in [1.82, 2.24) is 4.90 Å². The molecule has 2 aliphatic rings. The number of fused-ring (bicyclic) bond motifs is 1. The molecular weight excluding hydrogens is 405 g/mol. The molecule has 0 aromatic heterocycles. The fourth-order valence-electron chi connectivity index (χ4n) is 3.10. The van der Waals surface area contributed by atoms with Crippen molar-refractivity contribution in [3.63, 3.8) is 0 Å². The van der Waals surface area contributed by atoms with Gasteiger partial charge >= 0.3 is 0 Å². The second kappa shape index (κ2) is 7.61. The van der Waals surface area contributed by atoms with Gasteiger partial charge in [-0.05, 0) is 56.8 Å². The molecule has 126 valence electrons. The van der Waals surface area contributed by atoms with Crippen LogP contribution in [0.2, 0.25) is 0 Å². The van der Waals surface area contributed by atoms with Crippen molar-refractivity contribution in [3.8, 4) is 0 Å². The number of halogens is 1. The third-order valence-corrected chi connectivity index (χ3v) is 4.31. The van der Waals surface area contributed by atoms with Crippen LogP contribution in [0.5, 0.6) is 0 Å². The van der Waals surface area contributed by atoms with E-state index in [4.69, 9.17) is 0 Å². The molecule has 0 radical (unpaired) electrons. The number of likely N-dealkylation sites (tertiary alicyclic amines) is 1. The van der Waals surface area contributed by atoms with Crippen molar-refractivity contribution in [2.75, 3.05) is 34.8 Å². The summed E-state index contributed by atoms with van der Waals surface area (Å²) < 4.78 is 0. The van der Waals surface area contributed by atoms with Gasteiger partial charge in [0.1, 0.15) is 5.54 Å². The highest BCUT2D eigenvalue weighted by atomic mass is 127. The molecule has 0 atom stereocenters. The number of nitrogens with one attached hydrogen (secondary N) is 1. The molecule has 5 nitrogen and oxygen atoms in total. The van der Waals surface area contributed by atoms with Crippen molar-refractivity contribution < 1.29 is 9.59 Å². The zero-order valence-electron chi connectivity index (χ0n) is 13.9. The lowest BCUT2D eigenvalue weighted by Gasteiger charge is -2.42. The maximum absolute atomic E-state index is 12.8. The summed E-state index contributed by atoms with van der Waals surface area (Å²) in [4.78, 5) is 30.9. The second-order valence-corrected chi connectivity index (χ2v) is 6.24. The highest BCUT2D eigenvalue weighted by molar-refractivity contribution is 14.1. The number of hydrogen-bond donors (Lipinski definition) is 1. The Morgan fingerprint density at radius 2 is 1.83 bits per heavy atom. The van der Waals surface area contributed by atoms with Gasteiger partial charge in [0.2, 0.25) is 11.8 Å². The maximum Gasteiger partial charge on any atom is 0.250 e. The average Bonchev–Trinajstić information content (AvgIpc) is 3.03. The van der Waals surface area contributed by atoms with Crippen LogP contribution in [-0.4, -0.2) is 46.8 Å². The molecule has 0 unspecified atom stereocenters. The number of alkyl halides is 1. The molecule has 2 aliphatic heterocycles. The van der Waals surface area contributed by atoms with Gasteiger partial charge in [0, 0.05) is 0 Å². The topological polar surface area (TPSA) is 52.7 Å². The molecule has 0 bridgehead atoms. The van der Waals surface area contributed by atoms with Crippen LogP contribution in [0.3, 0.4) is 0 Å².